The number of sulfone groups is 1. The fourth-order valence-corrected chi connectivity index (χ4v) is 2.05. The first kappa shape index (κ1) is 15.1. The molecule has 0 aliphatic carbocycles. The molecule has 0 spiro atoms. The summed E-state index contributed by atoms with van der Waals surface area (Å²) in [6.07, 6.45) is 2.11. The molecule has 8 heteroatoms. The van der Waals surface area contributed by atoms with E-state index >= 15 is 0 Å². The smallest absolute Gasteiger partial charge is 0.199 e. The van der Waals surface area contributed by atoms with Gasteiger partial charge in [0.1, 0.15) is 11.2 Å². The van der Waals surface area contributed by atoms with E-state index in [1.165, 1.54) is 19.2 Å². The maximum Gasteiger partial charge on any atom is 0.199 e. The van der Waals surface area contributed by atoms with Crippen LogP contribution in [0.2, 0.25) is 0 Å². The molecule has 0 amide bonds. The molecule has 0 aromatic heterocycles. The first-order valence-electron chi connectivity index (χ1n) is 5.14. The number of aliphatic imine (C=N–C) groups is 1. The fourth-order valence-electron chi connectivity index (χ4n) is 1.29. The average molecular weight is 289 g/mol. The number of nitrogens with one attached hydrogen (secondary N) is 2. The zero-order chi connectivity index (χ0) is 14.5. The van der Waals surface area contributed by atoms with Crippen molar-refractivity contribution in [2.45, 2.75) is 4.90 Å². The quantitative estimate of drug-likeness (QED) is 0.656. The standard InChI is InChI=1S/C11H13F2N3O2S/c1-14-11(15-7-6-12)16-8-4-3-5-9(10(8)13)19(2,17)18/h3-7H,1-2H3,(H2,14,15,16)/b7-6+. The predicted molar refractivity (Wildman–Crippen MR) is 69.9 cm³/mol. The molecule has 0 bridgehead atoms. The number of rotatable bonds is 3. The zero-order valence-electron chi connectivity index (χ0n) is 10.3. The Kier molecular flexibility index (Phi) is 4.99. The molecule has 0 saturated carbocycles. The molecule has 0 radical (unpaired) electrons. The van der Waals surface area contributed by atoms with Gasteiger partial charge in [-0.2, -0.15) is 0 Å². The SMILES string of the molecule is CN=C(N/C=C/F)Nc1cccc(S(C)(=O)=O)c1F. The van der Waals surface area contributed by atoms with Crippen molar-refractivity contribution >= 4 is 21.5 Å². The highest BCUT2D eigenvalue weighted by Crippen LogP contribution is 2.21. The maximum absolute atomic E-state index is 14.0. The predicted octanol–water partition coefficient (Wildman–Crippen LogP) is 1.66. The monoisotopic (exact) mass is 289 g/mol. The van der Waals surface area contributed by atoms with Gasteiger partial charge in [-0.25, -0.2) is 17.2 Å². The van der Waals surface area contributed by atoms with Crippen molar-refractivity contribution in [2.75, 3.05) is 18.6 Å². The van der Waals surface area contributed by atoms with E-state index in [0.29, 0.717) is 0 Å². The Morgan fingerprint density at radius 1 is 1.42 bits per heavy atom. The van der Waals surface area contributed by atoms with Crippen molar-refractivity contribution in [3.8, 4) is 0 Å². The Labute approximate surface area is 110 Å². The Morgan fingerprint density at radius 3 is 2.63 bits per heavy atom. The van der Waals surface area contributed by atoms with E-state index in [-0.39, 0.29) is 18.0 Å². The summed E-state index contributed by atoms with van der Waals surface area (Å²) >= 11 is 0. The summed E-state index contributed by atoms with van der Waals surface area (Å²) in [7, 11) is -2.26. The Morgan fingerprint density at radius 2 is 2.11 bits per heavy atom. The molecule has 1 aromatic rings. The van der Waals surface area contributed by atoms with Crippen molar-refractivity contribution in [1.29, 1.82) is 0 Å². The van der Waals surface area contributed by atoms with E-state index < -0.39 is 20.5 Å². The van der Waals surface area contributed by atoms with E-state index in [0.717, 1.165) is 18.5 Å². The van der Waals surface area contributed by atoms with Crippen LogP contribution in [0.4, 0.5) is 14.5 Å². The van der Waals surface area contributed by atoms with Crippen molar-refractivity contribution < 1.29 is 17.2 Å². The summed E-state index contributed by atoms with van der Waals surface area (Å²) in [6.45, 7) is 0. The van der Waals surface area contributed by atoms with Gasteiger partial charge in [0, 0.05) is 19.5 Å². The summed E-state index contributed by atoms with van der Waals surface area (Å²) in [6, 6.07) is 3.89. The first-order chi connectivity index (χ1) is 8.90. The van der Waals surface area contributed by atoms with Gasteiger partial charge >= 0.3 is 0 Å². The van der Waals surface area contributed by atoms with E-state index in [1.54, 1.807) is 0 Å². The number of benzene rings is 1. The second-order valence-electron chi connectivity index (χ2n) is 3.52. The Balaban J connectivity index is 3.09. The molecule has 0 aliphatic rings. The van der Waals surface area contributed by atoms with Crippen LogP contribution in [-0.4, -0.2) is 27.7 Å². The molecule has 0 atom stereocenters. The molecular weight excluding hydrogens is 276 g/mol. The third-order valence-electron chi connectivity index (χ3n) is 2.12. The number of halogens is 2. The van der Waals surface area contributed by atoms with E-state index in [9.17, 15) is 17.2 Å². The highest BCUT2D eigenvalue weighted by molar-refractivity contribution is 7.90. The highest BCUT2D eigenvalue weighted by atomic mass is 32.2. The molecule has 1 aromatic carbocycles. The van der Waals surface area contributed by atoms with Crippen LogP contribution < -0.4 is 10.6 Å². The van der Waals surface area contributed by atoms with Crippen LogP contribution in [0.15, 0.2) is 40.6 Å². The molecule has 0 aliphatic heterocycles. The lowest BCUT2D eigenvalue weighted by Crippen LogP contribution is -2.26. The minimum Gasteiger partial charge on any atom is -0.330 e. The minimum absolute atomic E-state index is 0.0680. The van der Waals surface area contributed by atoms with E-state index in [1.807, 2.05) is 0 Å². The van der Waals surface area contributed by atoms with Gasteiger partial charge < -0.3 is 10.6 Å². The van der Waals surface area contributed by atoms with Crippen LogP contribution in [0.3, 0.4) is 0 Å². The van der Waals surface area contributed by atoms with Crippen LogP contribution in [0, 0.1) is 5.82 Å². The minimum atomic E-state index is -3.66. The van der Waals surface area contributed by atoms with Gasteiger partial charge in [-0.1, -0.05) is 6.07 Å². The number of hydrogen-bond donors (Lipinski definition) is 2. The molecule has 104 valence electrons. The molecule has 0 fully saturated rings. The lowest BCUT2D eigenvalue weighted by Gasteiger charge is -2.11. The molecule has 2 N–H and O–H groups in total. The molecule has 0 heterocycles. The number of guanidine groups is 1. The normalized spacial score (nSPS) is 12.7. The maximum atomic E-state index is 14.0. The summed E-state index contributed by atoms with van der Waals surface area (Å²) in [5.74, 6) is -0.851. The summed E-state index contributed by atoms with van der Waals surface area (Å²) < 4.78 is 48.5. The summed E-state index contributed by atoms with van der Waals surface area (Å²) in [5, 5.41) is 4.95. The van der Waals surface area contributed by atoms with Crippen LogP contribution in [-0.2, 0) is 9.84 Å². The lowest BCUT2D eigenvalue weighted by molar-refractivity contribution is 0.573. The van der Waals surface area contributed by atoms with Crippen molar-refractivity contribution in [3.63, 3.8) is 0 Å². The third-order valence-corrected chi connectivity index (χ3v) is 3.24. The van der Waals surface area contributed by atoms with Crippen LogP contribution in [0.1, 0.15) is 0 Å². The number of hydrogen-bond acceptors (Lipinski definition) is 3. The van der Waals surface area contributed by atoms with Crippen molar-refractivity contribution in [3.05, 3.63) is 36.5 Å². The fraction of sp³-hybridized carbons (Fsp3) is 0.182. The Bertz CT molecular complexity index is 612. The van der Waals surface area contributed by atoms with Crippen LogP contribution in [0.25, 0.3) is 0 Å². The van der Waals surface area contributed by atoms with Gasteiger partial charge in [0.05, 0.1) is 5.69 Å². The third kappa shape index (κ3) is 4.02. The Hall–Kier alpha value is -1.96. The van der Waals surface area contributed by atoms with Gasteiger partial charge in [0.15, 0.2) is 21.6 Å². The second kappa shape index (κ2) is 6.28. The zero-order valence-corrected chi connectivity index (χ0v) is 11.1. The average Bonchev–Trinajstić information content (AvgIpc) is 2.35. The van der Waals surface area contributed by atoms with Crippen molar-refractivity contribution in [2.24, 2.45) is 4.99 Å². The first-order valence-corrected chi connectivity index (χ1v) is 7.03. The lowest BCUT2D eigenvalue weighted by atomic mass is 10.3. The van der Waals surface area contributed by atoms with E-state index in [2.05, 4.69) is 15.6 Å². The van der Waals surface area contributed by atoms with Gasteiger partial charge in [-0.15, -0.1) is 0 Å². The van der Waals surface area contributed by atoms with Crippen LogP contribution in [0.5, 0.6) is 0 Å². The largest absolute Gasteiger partial charge is 0.330 e. The molecule has 1 rings (SSSR count). The van der Waals surface area contributed by atoms with E-state index in [4.69, 9.17) is 0 Å². The number of nitrogens with zero attached hydrogens (tertiary/aromatic N) is 1. The molecular formula is C11H13F2N3O2S. The molecule has 5 nitrogen and oxygen atoms in total. The van der Waals surface area contributed by atoms with Gasteiger partial charge in [-0.05, 0) is 12.1 Å². The second-order valence-corrected chi connectivity index (χ2v) is 5.51. The molecule has 0 saturated heterocycles. The summed E-state index contributed by atoms with van der Waals surface area (Å²) in [5.41, 5.74) is -0.0803. The van der Waals surface area contributed by atoms with Crippen molar-refractivity contribution in [1.82, 2.24) is 5.32 Å². The highest BCUT2D eigenvalue weighted by Gasteiger charge is 2.17. The summed E-state index contributed by atoms with van der Waals surface area (Å²) in [4.78, 5) is 3.29. The topological polar surface area (TPSA) is 70.6 Å². The van der Waals surface area contributed by atoms with Gasteiger partial charge in [0.25, 0.3) is 0 Å². The molecule has 0 unspecified atom stereocenters. The number of anilines is 1. The molecule has 19 heavy (non-hydrogen) atoms. The van der Waals surface area contributed by atoms with Crippen LogP contribution >= 0.6 is 0 Å². The van der Waals surface area contributed by atoms with Gasteiger partial charge in [-0.3, -0.25) is 4.99 Å². The van der Waals surface area contributed by atoms with Gasteiger partial charge in [0.2, 0.25) is 0 Å².